The first kappa shape index (κ1) is 25.9. The fraction of sp³-hybridized carbons (Fsp3) is 0.321. The van der Waals surface area contributed by atoms with Gasteiger partial charge in [-0.15, -0.1) is 0 Å². The summed E-state index contributed by atoms with van der Waals surface area (Å²) >= 11 is 0. The number of halogens is 1. The minimum atomic E-state index is -0.642. The van der Waals surface area contributed by atoms with Crippen molar-refractivity contribution in [3.63, 3.8) is 0 Å². The first-order chi connectivity index (χ1) is 17.8. The third-order valence-electron chi connectivity index (χ3n) is 6.63. The lowest BCUT2D eigenvalue weighted by Gasteiger charge is -2.31. The van der Waals surface area contributed by atoms with E-state index in [4.69, 9.17) is 16.2 Å². The van der Waals surface area contributed by atoms with Crippen LogP contribution in [0, 0.1) is 17.1 Å². The fourth-order valence-electron chi connectivity index (χ4n) is 4.78. The van der Waals surface area contributed by atoms with Crippen molar-refractivity contribution in [1.82, 2.24) is 9.47 Å². The Hall–Kier alpha value is -4.16. The Labute approximate surface area is 215 Å². The lowest BCUT2D eigenvalue weighted by molar-refractivity contribution is -0.118. The summed E-state index contributed by atoms with van der Waals surface area (Å²) in [6.45, 7) is 1.39. The first-order valence-electron chi connectivity index (χ1n) is 12.2. The third-order valence-corrected chi connectivity index (χ3v) is 6.63. The zero-order chi connectivity index (χ0) is 26.5. The van der Waals surface area contributed by atoms with Gasteiger partial charge in [-0.1, -0.05) is 6.07 Å². The molecule has 1 aromatic heterocycles. The Morgan fingerprint density at radius 2 is 1.89 bits per heavy atom. The SMILES string of the molecule is COc1ccc(-c2c(-c3ccc(C#N)c(F)c3)cc(C(=O)N3CCC[C@@H](N)C3)n2CCCC(N)=O)cc1. The second-order valence-corrected chi connectivity index (χ2v) is 9.20. The third kappa shape index (κ3) is 5.65. The van der Waals surface area contributed by atoms with Gasteiger partial charge >= 0.3 is 0 Å². The van der Waals surface area contributed by atoms with Gasteiger partial charge in [-0.2, -0.15) is 5.26 Å². The second-order valence-electron chi connectivity index (χ2n) is 9.20. The summed E-state index contributed by atoms with van der Waals surface area (Å²) < 4.78 is 21.9. The van der Waals surface area contributed by atoms with Crippen LogP contribution in [0.3, 0.4) is 0 Å². The number of hydrogen-bond donors (Lipinski definition) is 2. The van der Waals surface area contributed by atoms with E-state index in [9.17, 15) is 19.2 Å². The number of rotatable bonds is 8. The Morgan fingerprint density at radius 1 is 1.16 bits per heavy atom. The van der Waals surface area contributed by atoms with Crippen molar-refractivity contribution >= 4 is 11.8 Å². The molecule has 2 aromatic carbocycles. The van der Waals surface area contributed by atoms with Gasteiger partial charge in [0.1, 0.15) is 23.3 Å². The number of nitriles is 1. The molecule has 1 saturated heterocycles. The molecule has 0 radical (unpaired) electrons. The van der Waals surface area contributed by atoms with Crippen LogP contribution in [0.1, 0.15) is 41.7 Å². The molecule has 2 amide bonds. The summed E-state index contributed by atoms with van der Waals surface area (Å²) in [5.74, 6) is -0.580. The van der Waals surface area contributed by atoms with Crippen LogP contribution in [0.4, 0.5) is 4.39 Å². The van der Waals surface area contributed by atoms with Crippen LogP contribution in [-0.4, -0.2) is 47.5 Å². The van der Waals surface area contributed by atoms with Gasteiger partial charge in [-0.05, 0) is 72.9 Å². The molecule has 1 aliphatic heterocycles. The molecule has 4 N–H and O–H groups in total. The Bertz CT molecular complexity index is 1340. The van der Waals surface area contributed by atoms with Gasteiger partial charge in [0, 0.05) is 37.7 Å². The van der Waals surface area contributed by atoms with Crippen molar-refractivity contribution in [2.24, 2.45) is 11.5 Å². The fourth-order valence-corrected chi connectivity index (χ4v) is 4.78. The zero-order valence-electron chi connectivity index (χ0n) is 20.7. The van der Waals surface area contributed by atoms with Crippen LogP contribution in [-0.2, 0) is 11.3 Å². The average Bonchev–Trinajstić information content (AvgIpc) is 3.27. The topological polar surface area (TPSA) is 127 Å². The minimum absolute atomic E-state index is 0.0609. The van der Waals surface area contributed by atoms with Gasteiger partial charge in [-0.25, -0.2) is 4.39 Å². The Balaban J connectivity index is 1.91. The lowest BCUT2D eigenvalue weighted by atomic mass is 9.99. The number of hydrogen-bond acceptors (Lipinski definition) is 5. The smallest absolute Gasteiger partial charge is 0.270 e. The van der Waals surface area contributed by atoms with Gasteiger partial charge in [0.25, 0.3) is 5.91 Å². The number of aromatic nitrogens is 1. The maximum Gasteiger partial charge on any atom is 0.270 e. The molecule has 3 aromatic rings. The molecule has 37 heavy (non-hydrogen) atoms. The number of ether oxygens (including phenoxy) is 1. The zero-order valence-corrected chi connectivity index (χ0v) is 20.7. The van der Waals surface area contributed by atoms with Crippen molar-refractivity contribution < 1.29 is 18.7 Å². The molecule has 8 nitrogen and oxygen atoms in total. The average molecular weight is 504 g/mol. The number of nitrogens with two attached hydrogens (primary N) is 2. The van der Waals surface area contributed by atoms with Gasteiger partial charge in [0.15, 0.2) is 0 Å². The molecule has 4 rings (SSSR count). The molecule has 0 bridgehead atoms. The molecule has 0 unspecified atom stereocenters. The number of likely N-dealkylation sites (tertiary alicyclic amines) is 1. The molecular formula is C28H30FN5O3. The number of carbonyl (C=O) groups is 2. The molecule has 0 saturated carbocycles. The van der Waals surface area contributed by atoms with E-state index in [0.717, 1.165) is 18.4 Å². The van der Waals surface area contributed by atoms with Crippen LogP contribution < -0.4 is 16.2 Å². The normalized spacial score (nSPS) is 15.3. The van der Waals surface area contributed by atoms with E-state index >= 15 is 0 Å². The van der Waals surface area contributed by atoms with Gasteiger partial charge in [0.2, 0.25) is 5.91 Å². The maximum absolute atomic E-state index is 14.7. The number of benzene rings is 2. The molecule has 9 heteroatoms. The highest BCUT2D eigenvalue weighted by Crippen LogP contribution is 2.37. The van der Waals surface area contributed by atoms with Crippen molar-refractivity contribution in [2.75, 3.05) is 20.2 Å². The van der Waals surface area contributed by atoms with Crippen LogP contribution in [0.15, 0.2) is 48.5 Å². The molecule has 0 aliphatic carbocycles. The molecule has 192 valence electrons. The summed E-state index contributed by atoms with van der Waals surface area (Å²) in [7, 11) is 1.58. The summed E-state index contributed by atoms with van der Waals surface area (Å²) in [4.78, 5) is 27.0. The standard InChI is InChI=1S/C28H30FN5O3/c1-37-22-10-8-18(9-11-22)27-23(19-6-7-20(16-30)24(29)14-19)15-25(34(27)13-3-5-26(32)35)28(36)33-12-2-4-21(31)17-33/h6-11,14-15,21H,2-5,12-13,17,31H2,1H3,(H2,32,35)/t21-/m1/s1. The predicted molar refractivity (Wildman–Crippen MR) is 138 cm³/mol. The first-order valence-corrected chi connectivity index (χ1v) is 12.2. The quantitative estimate of drug-likeness (QED) is 0.485. The number of methoxy groups -OCH3 is 1. The van der Waals surface area contributed by atoms with Crippen LogP contribution in [0.2, 0.25) is 0 Å². The number of primary amides is 1. The number of carbonyl (C=O) groups excluding carboxylic acids is 2. The summed E-state index contributed by atoms with van der Waals surface area (Å²) in [6, 6.07) is 15.3. The highest BCUT2D eigenvalue weighted by Gasteiger charge is 2.28. The van der Waals surface area contributed by atoms with E-state index in [-0.39, 0.29) is 23.9 Å². The highest BCUT2D eigenvalue weighted by atomic mass is 19.1. The monoisotopic (exact) mass is 503 g/mol. The minimum Gasteiger partial charge on any atom is -0.497 e. The molecule has 0 spiro atoms. The molecule has 1 aliphatic rings. The van der Waals surface area contributed by atoms with Crippen molar-refractivity contribution in [1.29, 1.82) is 5.26 Å². The molecule has 2 heterocycles. The number of amides is 2. The lowest BCUT2D eigenvalue weighted by Crippen LogP contribution is -2.46. The molecule has 1 atom stereocenters. The Morgan fingerprint density at radius 3 is 2.51 bits per heavy atom. The van der Waals surface area contributed by atoms with Gasteiger partial charge in [-0.3, -0.25) is 9.59 Å². The van der Waals surface area contributed by atoms with E-state index in [0.29, 0.717) is 54.3 Å². The molecule has 1 fully saturated rings. The second kappa shape index (κ2) is 11.3. The van der Waals surface area contributed by atoms with E-state index in [1.165, 1.54) is 12.1 Å². The van der Waals surface area contributed by atoms with Crippen molar-refractivity contribution in [2.45, 2.75) is 38.3 Å². The van der Waals surface area contributed by atoms with E-state index in [1.807, 2.05) is 34.9 Å². The number of piperidine rings is 1. The predicted octanol–water partition coefficient (Wildman–Crippen LogP) is 3.67. The van der Waals surface area contributed by atoms with Crippen LogP contribution in [0.25, 0.3) is 22.4 Å². The highest BCUT2D eigenvalue weighted by molar-refractivity contribution is 5.98. The largest absolute Gasteiger partial charge is 0.497 e. The number of nitrogens with zero attached hydrogens (tertiary/aromatic N) is 3. The van der Waals surface area contributed by atoms with Crippen molar-refractivity contribution in [3.8, 4) is 34.2 Å². The summed E-state index contributed by atoms with van der Waals surface area (Å²) in [5, 5.41) is 9.19. The summed E-state index contributed by atoms with van der Waals surface area (Å²) in [6.07, 6.45) is 2.25. The summed E-state index contributed by atoms with van der Waals surface area (Å²) in [5.41, 5.74) is 14.5. The van der Waals surface area contributed by atoms with E-state index < -0.39 is 11.7 Å². The maximum atomic E-state index is 14.7. The van der Waals surface area contributed by atoms with E-state index in [1.54, 1.807) is 24.1 Å². The van der Waals surface area contributed by atoms with Crippen molar-refractivity contribution in [3.05, 3.63) is 65.6 Å². The van der Waals surface area contributed by atoms with Gasteiger partial charge in [0.05, 0.1) is 18.4 Å². The van der Waals surface area contributed by atoms with Crippen LogP contribution >= 0.6 is 0 Å². The van der Waals surface area contributed by atoms with E-state index in [2.05, 4.69) is 0 Å². The molecular weight excluding hydrogens is 473 g/mol. The van der Waals surface area contributed by atoms with Gasteiger partial charge < -0.3 is 25.7 Å². The Kier molecular flexibility index (Phi) is 7.89. The van der Waals surface area contributed by atoms with Crippen LogP contribution in [0.5, 0.6) is 5.75 Å².